The largest absolute Gasteiger partial charge is 0.334 e. The van der Waals surface area contributed by atoms with Gasteiger partial charge < -0.3 is 9.80 Å². The van der Waals surface area contributed by atoms with Gasteiger partial charge in [-0.1, -0.05) is 18.2 Å². The number of nitrogens with zero attached hydrogens (tertiary/aromatic N) is 4. The Kier molecular flexibility index (Phi) is 5.74. The summed E-state index contributed by atoms with van der Waals surface area (Å²) in [4.78, 5) is 25.1. The fourth-order valence-electron chi connectivity index (χ4n) is 3.39. The van der Waals surface area contributed by atoms with Crippen LogP contribution in [0.2, 0.25) is 0 Å². The lowest BCUT2D eigenvalue weighted by Gasteiger charge is -2.26. The first-order chi connectivity index (χ1) is 12.9. The molecule has 1 saturated heterocycles. The van der Waals surface area contributed by atoms with E-state index in [0.29, 0.717) is 25.3 Å². The Balaban J connectivity index is 1.78. The summed E-state index contributed by atoms with van der Waals surface area (Å²) in [6, 6.07) is 9.56. The van der Waals surface area contributed by atoms with Gasteiger partial charge in [0.25, 0.3) is 5.91 Å². The number of benzene rings is 1. The van der Waals surface area contributed by atoms with Crippen LogP contribution in [-0.2, 0) is 9.84 Å². The molecule has 2 aromatic rings. The molecule has 0 aliphatic carbocycles. The number of rotatable bonds is 6. The van der Waals surface area contributed by atoms with Crippen LogP contribution in [0.15, 0.2) is 42.7 Å². The molecule has 144 valence electrons. The molecule has 3 rings (SSSR count). The summed E-state index contributed by atoms with van der Waals surface area (Å²) in [5.41, 5.74) is 1.23. The number of amides is 1. The Morgan fingerprint density at radius 2 is 1.85 bits per heavy atom. The van der Waals surface area contributed by atoms with Crippen LogP contribution in [-0.4, -0.2) is 59.8 Å². The molecule has 8 heteroatoms. The standard InChI is InChI=1S/C19H24N4O3S/c1-3-22(15-8-6-5-7-9-15)18-13-20-17(12-21-18)19(24)23(4-2)16-10-11-27(25,26)14-16/h5-9,12-13,16H,3-4,10-11,14H2,1-2H3. The molecule has 27 heavy (non-hydrogen) atoms. The van der Waals surface area contributed by atoms with Crippen molar-refractivity contribution in [2.75, 3.05) is 29.5 Å². The Morgan fingerprint density at radius 3 is 2.37 bits per heavy atom. The maximum absolute atomic E-state index is 12.8. The molecule has 0 N–H and O–H groups in total. The van der Waals surface area contributed by atoms with E-state index in [-0.39, 0.29) is 29.1 Å². The second kappa shape index (κ2) is 8.04. The topological polar surface area (TPSA) is 83.5 Å². The van der Waals surface area contributed by atoms with E-state index in [1.165, 1.54) is 6.20 Å². The highest BCUT2D eigenvalue weighted by Crippen LogP contribution is 2.23. The van der Waals surface area contributed by atoms with Crippen molar-refractivity contribution in [3.63, 3.8) is 0 Å². The van der Waals surface area contributed by atoms with E-state index in [1.807, 2.05) is 49.1 Å². The minimum Gasteiger partial charge on any atom is -0.334 e. The molecule has 1 aromatic heterocycles. The van der Waals surface area contributed by atoms with Gasteiger partial charge in [-0.3, -0.25) is 4.79 Å². The van der Waals surface area contributed by atoms with Crippen molar-refractivity contribution in [1.29, 1.82) is 0 Å². The van der Waals surface area contributed by atoms with E-state index in [9.17, 15) is 13.2 Å². The van der Waals surface area contributed by atoms with Crippen LogP contribution in [0, 0.1) is 0 Å². The fraction of sp³-hybridized carbons (Fsp3) is 0.421. The molecule has 0 spiro atoms. The van der Waals surface area contributed by atoms with Crippen molar-refractivity contribution in [1.82, 2.24) is 14.9 Å². The van der Waals surface area contributed by atoms with Crippen LogP contribution in [0.4, 0.5) is 11.5 Å². The minimum atomic E-state index is -3.05. The van der Waals surface area contributed by atoms with Crippen LogP contribution in [0.1, 0.15) is 30.8 Å². The molecule has 2 heterocycles. The second-order valence-corrected chi connectivity index (χ2v) is 8.72. The number of hydrogen-bond donors (Lipinski definition) is 0. The maximum atomic E-state index is 12.8. The number of aromatic nitrogens is 2. The number of carbonyl (C=O) groups is 1. The summed E-state index contributed by atoms with van der Waals surface area (Å²) in [7, 11) is -3.05. The first-order valence-electron chi connectivity index (χ1n) is 9.11. The number of carbonyl (C=O) groups excluding carboxylic acids is 1. The summed E-state index contributed by atoms with van der Waals surface area (Å²) in [6.45, 7) is 5.02. The summed E-state index contributed by atoms with van der Waals surface area (Å²) in [5.74, 6) is 0.540. The van der Waals surface area contributed by atoms with Crippen LogP contribution >= 0.6 is 0 Å². The highest BCUT2D eigenvalue weighted by Gasteiger charge is 2.34. The second-order valence-electron chi connectivity index (χ2n) is 6.49. The number of para-hydroxylation sites is 1. The lowest BCUT2D eigenvalue weighted by molar-refractivity contribution is 0.0702. The highest BCUT2D eigenvalue weighted by atomic mass is 32.2. The molecule has 1 amide bonds. The van der Waals surface area contributed by atoms with Crippen molar-refractivity contribution in [2.24, 2.45) is 0 Å². The van der Waals surface area contributed by atoms with Gasteiger partial charge in [-0.2, -0.15) is 0 Å². The van der Waals surface area contributed by atoms with Crippen molar-refractivity contribution in [3.05, 3.63) is 48.4 Å². The third kappa shape index (κ3) is 4.27. The predicted octanol–water partition coefficient (Wildman–Crippen LogP) is 2.28. The zero-order valence-electron chi connectivity index (χ0n) is 15.6. The quantitative estimate of drug-likeness (QED) is 0.755. The maximum Gasteiger partial charge on any atom is 0.274 e. The smallest absolute Gasteiger partial charge is 0.274 e. The van der Waals surface area contributed by atoms with Crippen molar-refractivity contribution < 1.29 is 13.2 Å². The number of hydrogen-bond acceptors (Lipinski definition) is 6. The highest BCUT2D eigenvalue weighted by molar-refractivity contribution is 7.91. The van der Waals surface area contributed by atoms with Crippen molar-refractivity contribution >= 4 is 27.2 Å². The molecule has 1 atom stereocenters. The predicted molar refractivity (Wildman–Crippen MR) is 105 cm³/mol. The van der Waals surface area contributed by atoms with Crippen LogP contribution in [0.25, 0.3) is 0 Å². The van der Waals surface area contributed by atoms with Crippen molar-refractivity contribution in [3.8, 4) is 0 Å². The van der Waals surface area contributed by atoms with Gasteiger partial charge >= 0.3 is 0 Å². The van der Waals surface area contributed by atoms with Crippen LogP contribution < -0.4 is 4.90 Å². The Labute approximate surface area is 160 Å². The lowest BCUT2D eigenvalue weighted by atomic mass is 10.2. The van der Waals surface area contributed by atoms with Gasteiger partial charge in [0.1, 0.15) is 5.69 Å². The van der Waals surface area contributed by atoms with E-state index in [4.69, 9.17) is 0 Å². The number of anilines is 2. The molecule has 0 bridgehead atoms. The number of sulfone groups is 1. The van der Waals surface area contributed by atoms with Gasteiger partial charge in [0.05, 0.1) is 23.9 Å². The molecule has 1 aliphatic heterocycles. The summed E-state index contributed by atoms with van der Waals surface area (Å²) in [5, 5.41) is 0. The van der Waals surface area contributed by atoms with E-state index >= 15 is 0 Å². The zero-order chi connectivity index (χ0) is 19.4. The zero-order valence-corrected chi connectivity index (χ0v) is 16.4. The summed E-state index contributed by atoms with van der Waals surface area (Å²) >= 11 is 0. The van der Waals surface area contributed by atoms with Gasteiger partial charge in [-0.25, -0.2) is 18.4 Å². The van der Waals surface area contributed by atoms with Gasteiger partial charge in [0, 0.05) is 24.8 Å². The van der Waals surface area contributed by atoms with Gasteiger partial charge in [-0.15, -0.1) is 0 Å². The molecular formula is C19H24N4O3S. The average molecular weight is 388 g/mol. The molecule has 1 fully saturated rings. The first kappa shape index (κ1) is 19.3. The van der Waals surface area contributed by atoms with Gasteiger partial charge in [0.2, 0.25) is 0 Å². The monoisotopic (exact) mass is 388 g/mol. The fourth-order valence-corrected chi connectivity index (χ4v) is 5.12. The molecule has 1 unspecified atom stereocenters. The molecule has 0 radical (unpaired) electrons. The third-order valence-corrected chi connectivity index (χ3v) is 6.52. The first-order valence-corrected chi connectivity index (χ1v) is 10.9. The molecule has 1 aliphatic rings. The van der Waals surface area contributed by atoms with Gasteiger partial charge in [0.15, 0.2) is 15.7 Å². The van der Waals surface area contributed by atoms with E-state index < -0.39 is 9.84 Å². The van der Waals surface area contributed by atoms with Crippen molar-refractivity contribution in [2.45, 2.75) is 26.3 Å². The van der Waals surface area contributed by atoms with Gasteiger partial charge in [-0.05, 0) is 32.4 Å². The van der Waals surface area contributed by atoms with E-state index in [1.54, 1.807) is 11.1 Å². The van der Waals surface area contributed by atoms with E-state index in [0.717, 1.165) is 5.69 Å². The van der Waals surface area contributed by atoms with E-state index in [2.05, 4.69) is 9.97 Å². The normalized spacial score (nSPS) is 18.2. The Hall–Kier alpha value is -2.48. The van der Waals surface area contributed by atoms with Crippen LogP contribution in [0.3, 0.4) is 0 Å². The van der Waals surface area contributed by atoms with Crippen LogP contribution in [0.5, 0.6) is 0 Å². The minimum absolute atomic E-state index is 0.0235. The SMILES string of the molecule is CCN(c1ccccc1)c1cnc(C(=O)N(CC)C2CCS(=O)(=O)C2)cn1. The molecule has 7 nitrogen and oxygen atoms in total. The summed E-state index contributed by atoms with van der Waals surface area (Å²) < 4.78 is 23.5. The summed E-state index contributed by atoms with van der Waals surface area (Å²) in [6.07, 6.45) is 3.53. The Bertz CT molecular complexity index is 885. The lowest BCUT2D eigenvalue weighted by Crippen LogP contribution is -2.41. The molecule has 1 aromatic carbocycles. The molecular weight excluding hydrogens is 364 g/mol. The third-order valence-electron chi connectivity index (χ3n) is 4.77. The molecule has 0 saturated carbocycles. The average Bonchev–Trinajstić information content (AvgIpc) is 3.04. The Morgan fingerprint density at radius 1 is 1.11 bits per heavy atom.